The zero-order valence-corrected chi connectivity index (χ0v) is 16.5. The van der Waals surface area contributed by atoms with Crippen molar-refractivity contribution < 1.29 is 9.59 Å². The van der Waals surface area contributed by atoms with E-state index in [1.807, 2.05) is 72.8 Å². The summed E-state index contributed by atoms with van der Waals surface area (Å²) in [6.45, 7) is 4.25. The highest BCUT2D eigenvalue weighted by molar-refractivity contribution is 5.97. The maximum Gasteiger partial charge on any atom is 0.167 e. The number of Topliss-reactive ketones (excluding diaryl/α,β-unsaturated/α-hetero) is 2. The largest absolute Gasteiger partial charge is 0.294 e. The number of hydrogen-bond acceptors (Lipinski definition) is 2. The number of rotatable bonds is 8. The predicted octanol–water partition coefficient (Wildman–Crippen LogP) is 5.95. The van der Waals surface area contributed by atoms with Gasteiger partial charge in [0.1, 0.15) is 0 Å². The molecule has 3 aromatic rings. The van der Waals surface area contributed by atoms with Crippen molar-refractivity contribution in [3.05, 3.63) is 107 Å². The Labute approximate surface area is 167 Å². The van der Waals surface area contributed by atoms with Gasteiger partial charge in [-0.05, 0) is 23.0 Å². The minimum atomic E-state index is -0.131. The fourth-order valence-electron chi connectivity index (χ4n) is 3.46. The normalized spacial score (nSPS) is 11.2. The van der Waals surface area contributed by atoms with Crippen LogP contribution in [0.4, 0.5) is 0 Å². The first-order valence-corrected chi connectivity index (χ1v) is 9.67. The molecule has 28 heavy (non-hydrogen) atoms. The molecule has 2 nitrogen and oxygen atoms in total. The molecule has 0 amide bonds. The first-order chi connectivity index (χ1) is 13.4. The van der Waals surface area contributed by atoms with Crippen LogP contribution >= 0.6 is 0 Å². The van der Waals surface area contributed by atoms with E-state index in [0.717, 1.165) is 23.1 Å². The Bertz CT molecular complexity index is 923. The summed E-state index contributed by atoms with van der Waals surface area (Å²) in [6.07, 6.45) is 1.73. The average Bonchev–Trinajstić information content (AvgIpc) is 2.70. The van der Waals surface area contributed by atoms with Crippen LogP contribution in [0.1, 0.15) is 52.1 Å². The molecule has 0 saturated heterocycles. The number of carbonyl (C=O) groups excluding carboxylic acids is 2. The molecule has 0 spiro atoms. The molecule has 0 N–H and O–H groups in total. The van der Waals surface area contributed by atoms with Crippen LogP contribution in [0.25, 0.3) is 0 Å². The molecule has 0 heterocycles. The zero-order valence-electron chi connectivity index (χ0n) is 16.5. The van der Waals surface area contributed by atoms with Crippen molar-refractivity contribution in [1.29, 1.82) is 0 Å². The van der Waals surface area contributed by atoms with Crippen molar-refractivity contribution in [2.45, 2.75) is 33.1 Å². The maximum absolute atomic E-state index is 12.5. The highest BCUT2D eigenvalue weighted by Crippen LogP contribution is 2.28. The molecule has 0 unspecified atom stereocenters. The summed E-state index contributed by atoms with van der Waals surface area (Å²) in [6, 6.07) is 27.0. The third-order valence-corrected chi connectivity index (χ3v) is 4.90. The second-order valence-electron chi connectivity index (χ2n) is 8.09. The molecule has 0 aromatic heterocycles. The molecule has 0 radical (unpaired) electrons. The van der Waals surface area contributed by atoms with Crippen molar-refractivity contribution in [1.82, 2.24) is 0 Å². The molecule has 142 valence electrons. The molecule has 0 aliphatic carbocycles. The smallest absolute Gasteiger partial charge is 0.167 e. The number of benzene rings is 3. The summed E-state index contributed by atoms with van der Waals surface area (Å²) in [4.78, 5) is 24.9. The lowest BCUT2D eigenvalue weighted by molar-refractivity contribution is 0.0929. The minimum Gasteiger partial charge on any atom is -0.294 e. The Kier molecular flexibility index (Phi) is 6.20. The van der Waals surface area contributed by atoms with Gasteiger partial charge in [-0.1, -0.05) is 98.8 Å². The van der Waals surface area contributed by atoms with Crippen molar-refractivity contribution in [3.8, 4) is 0 Å². The molecule has 2 heteroatoms. The van der Waals surface area contributed by atoms with Gasteiger partial charge in [0.15, 0.2) is 11.6 Å². The summed E-state index contributed by atoms with van der Waals surface area (Å²) in [5.41, 5.74) is 3.57. The topological polar surface area (TPSA) is 34.1 Å². The number of hydrogen-bond donors (Lipinski definition) is 0. The van der Waals surface area contributed by atoms with E-state index in [0.29, 0.717) is 12.8 Å². The van der Waals surface area contributed by atoms with Gasteiger partial charge in [-0.2, -0.15) is 0 Å². The monoisotopic (exact) mass is 370 g/mol. The molecule has 0 aliphatic heterocycles. The predicted molar refractivity (Wildman–Crippen MR) is 114 cm³/mol. The molecule has 0 atom stereocenters. The number of ketones is 2. The Morgan fingerprint density at radius 1 is 0.643 bits per heavy atom. The molecule has 3 aromatic carbocycles. The summed E-state index contributed by atoms with van der Waals surface area (Å²) in [7, 11) is 0. The third-order valence-electron chi connectivity index (χ3n) is 4.90. The fourth-order valence-corrected chi connectivity index (χ4v) is 3.46. The molecule has 0 fully saturated rings. The highest BCUT2D eigenvalue weighted by atomic mass is 16.1. The average molecular weight is 370 g/mol. The second kappa shape index (κ2) is 8.79. The second-order valence-corrected chi connectivity index (χ2v) is 8.09. The van der Waals surface area contributed by atoms with E-state index in [1.54, 1.807) is 0 Å². The number of carbonyl (C=O) groups is 2. The first kappa shape index (κ1) is 19.8. The fraction of sp³-hybridized carbons (Fsp3) is 0.231. The van der Waals surface area contributed by atoms with E-state index in [1.165, 1.54) is 5.56 Å². The highest BCUT2D eigenvalue weighted by Gasteiger charge is 2.23. The molecule has 3 rings (SSSR count). The summed E-state index contributed by atoms with van der Waals surface area (Å²) in [5, 5.41) is 0. The van der Waals surface area contributed by atoms with Gasteiger partial charge in [0.05, 0.1) is 0 Å². The van der Waals surface area contributed by atoms with E-state index in [9.17, 15) is 9.59 Å². The van der Waals surface area contributed by atoms with E-state index < -0.39 is 0 Å². The van der Waals surface area contributed by atoms with Crippen molar-refractivity contribution in [2.24, 2.45) is 5.41 Å². The van der Waals surface area contributed by atoms with Crippen LogP contribution in [0.5, 0.6) is 0 Å². The van der Waals surface area contributed by atoms with Gasteiger partial charge in [-0.25, -0.2) is 0 Å². The summed E-state index contributed by atoms with van der Waals surface area (Å²) in [5.74, 6) is 0.304. The van der Waals surface area contributed by atoms with Gasteiger partial charge in [0.25, 0.3) is 0 Å². The Morgan fingerprint density at radius 3 is 1.64 bits per heavy atom. The summed E-state index contributed by atoms with van der Waals surface area (Å²) < 4.78 is 0. The van der Waals surface area contributed by atoms with Crippen molar-refractivity contribution >= 4 is 11.6 Å². The lowest BCUT2D eigenvalue weighted by atomic mass is 9.80. The molecular formula is C26H26O2. The minimum absolute atomic E-state index is 0.127. The third kappa shape index (κ3) is 5.50. The Morgan fingerprint density at radius 2 is 1.11 bits per heavy atom. The Hall–Kier alpha value is -3.00. The van der Waals surface area contributed by atoms with Gasteiger partial charge >= 0.3 is 0 Å². The zero-order chi connectivity index (χ0) is 20.0. The quantitative estimate of drug-likeness (QED) is 0.459. The van der Waals surface area contributed by atoms with Crippen LogP contribution in [-0.2, 0) is 12.8 Å². The van der Waals surface area contributed by atoms with Gasteiger partial charge in [0.2, 0.25) is 0 Å². The van der Waals surface area contributed by atoms with Crippen LogP contribution in [0.2, 0.25) is 0 Å². The molecule has 0 aliphatic rings. The van der Waals surface area contributed by atoms with E-state index >= 15 is 0 Å². The van der Waals surface area contributed by atoms with E-state index in [2.05, 4.69) is 26.0 Å². The van der Waals surface area contributed by atoms with E-state index in [-0.39, 0.29) is 17.0 Å². The van der Waals surface area contributed by atoms with Crippen LogP contribution in [-0.4, -0.2) is 11.6 Å². The van der Waals surface area contributed by atoms with Crippen LogP contribution < -0.4 is 0 Å². The van der Waals surface area contributed by atoms with Crippen molar-refractivity contribution in [2.75, 3.05) is 0 Å². The lowest BCUT2D eigenvalue weighted by Gasteiger charge is -2.24. The van der Waals surface area contributed by atoms with Gasteiger partial charge < -0.3 is 0 Å². The maximum atomic E-state index is 12.5. The Balaban J connectivity index is 1.60. The van der Waals surface area contributed by atoms with Gasteiger partial charge in [-0.3, -0.25) is 9.59 Å². The first-order valence-electron chi connectivity index (χ1n) is 9.67. The lowest BCUT2D eigenvalue weighted by Crippen LogP contribution is -2.20. The summed E-state index contributed by atoms with van der Waals surface area (Å²) >= 11 is 0. The molecule has 0 saturated carbocycles. The van der Waals surface area contributed by atoms with Crippen LogP contribution in [0.15, 0.2) is 84.9 Å². The van der Waals surface area contributed by atoms with Crippen molar-refractivity contribution in [3.63, 3.8) is 0 Å². The SMILES string of the molecule is CC(C)(CC(=O)c1ccccc1)Cc1ccc(CC(=O)c2ccccc2)cc1. The van der Waals surface area contributed by atoms with E-state index in [4.69, 9.17) is 0 Å². The molecule has 0 bridgehead atoms. The van der Waals surface area contributed by atoms with Gasteiger partial charge in [0, 0.05) is 24.0 Å². The molecular weight excluding hydrogens is 344 g/mol. The van der Waals surface area contributed by atoms with Crippen LogP contribution in [0.3, 0.4) is 0 Å². The van der Waals surface area contributed by atoms with Crippen LogP contribution in [0, 0.1) is 5.41 Å². The van der Waals surface area contributed by atoms with Gasteiger partial charge in [-0.15, -0.1) is 0 Å². The standard InChI is InChI=1S/C26H26O2/c1-26(2,19-25(28)23-11-7-4-8-12-23)18-21-15-13-20(14-16-21)17-24(27)22-9-5-3-6-10-22/h3-16H,17-19H2,1-2H3.